The number of carbonyl (C=O) groups is 1. The average molecular weight is 745 g/mol. The highest BCUT2D eigenvalue weighted by Crippen LogP contribution is 2.38. The number of phosphoric acid groups is 1. The Bertz CT molecular complexity index is 1160. The summed E-state index contributed by atoms with van der Waals surface area (Å²) in [5.41, 5.74) is 0. The Morgan fingerprint density at radius 1 is 0.692 bits per heavy atom. The zero-order chi connectivity index (χ0) is 38.6. The van der Waals surface area contributed by atoms with Crippen molar-refractivity contribution in [3.63, 3.8) is 0 Å². The smallest absolute Gasteiger partial charge is 0.268 e. The van der Waals surface area contributed by atoms with Crippen molar-refractivity contribution in [3.05, 3.63) is 97.2 Å². The number of aliphatic hydroxyl groups excluding tert-OH is 1. The quantitative estimate of drug-likeness (QED) is 0.0300. The number of carbonyl (C=O) groups excluding carboxylic acids is 1. The van der Waals surface area contributed by atoms with Gasteiger partial charge in [-0.05, 0) is 70.6 Å². The van der Waals surface area contributed by atoms with Crippen molar-refractivity contribution < 1.29 is 32.9 Å². The summed E-state index contributed by atoms with van der Waals surface area (Å²) in [6, 6.07) is -0.947. The van der Waals surface area contributed by atoms with Crippen LogP contribution in [0.15, 0.2) is 97.2 Å². The highest BCUT2D eigenvalue weighted by atomic mass is 31.2. The first-order valence-corrected chi connectivity index (χ1v) is 21.1. The number of hydrogen-bond donors (Lipinski definition) is 2. The molecule has 0 saturated carbocycles. The number of nitrogens with zero attached hydrogens (tertiary/aromatic N) is 1. The third-order valence-electron chi connectivity index (χ3n) is 7.79. The van der Waals surface area contributed by atoms with Crippen LogP contribution in [0.5, 0.6) is 0 Å². The summed E-state index contributed by atoms with van der Waals surface area (Å²) >= 11 is 0. The second kappa shape index (κ2) is 34.2. The van der Waals surface area contributed by atoms with Crippen LogP contribution in [0.2, 0.25) is 0 Å². The third-order valence-corrected chi connectivity index (χ3v) is 8.76. The molecule has 3 unspecified atom stereocenters. The molecular weight excluding hydrogens is 671 g/mol. The van der Waals surface area contributed by atoms with Gasteiger partial charge in [-0.25, -0.2) is 0 Å². The minimum atomic E-state index is -4.61. The number of phosphoric ester groups is 1. The molecule has 9 heteroatoms. The fourth-order valence-corrected chi connectivity index (χ4v) is 5.38. The molecule has 0 aliphatic rings. The molecule has 3 atom stereocenters. The van der Waals surface area contributed by atoms with Gasteiger partial charge in [-0.1, -0.05) is 137 Å². The summed E-state index contributed by atoms with van der Waals surface area (Å²) in [5.74, 6) is -0.297. The van der Waals surface area contributed by atoms with E-state index in [2.05, 4.69) is 92.1 Å². The zero-order valence-corrected chi connectivity index (χ0v) is 34.1. The molecule has 0 aliphatic heterocycles. The lowest BCUT2D eigenvalue weighted by molar-refractivity contribution is -0.870. The van der Waals surface area contributed by atoms with Crippen LogP contribution in [-0.2, 0) is 18.4 Å². The van der Waals surface area contributed by atoms with Crippen LogP contribution in [0.4, 0.5) is 0 Å². The number of allylic oxidation sites excluding steroid dienone is 15. The standard InChI is InChI=1S/C43H73N2O6P/c1-6-8-10-12-14-16-18-19-20-21-22-23-24-25-27-29-31-33-35-37-43(47)44-41(40-51-52(48,49)50-39-38-45(3,4)5)42(46)36-34-32-30-28-26-17-15-13-11-9-7-2/h8,10,14,16,19-20,22-23,25-28,31,33-34,36,41-42,46H,6-7,9,11-13,15,17-18,21,24,29-30,32,35,37-40H2,1-5H3,(H-,44,47,48,49)/b10-8-,16-14-,20-19-,23-22-,27-25-,28-26+,33-31-,36-34+. The Morgan fingerprint density at radius 3 is 1.75 bits per heavy atom. The van der Waals surface area contributed by atoms with Gasteiger partial charge in [0, 0.05) is 6.42 Å². The predicted molar refractivity (Wildman–Crippen MR) is 219 cm³/mol. The third kappa shape index (κ3) is 35.8. The number of unbranched alkanes of at least 4 members (excludes halogenated alkanes) is 6. The van der Waals surface area contributed by atoms with Crippen molar-refractivity contribution in [1.29, 1.82) is 0 Å². The maximum absolute atomic E-state index is 12.7. The van der Waals surface area contributed by atoms with Gasteiger partial charge >= 0.3 is 0 Å². The highest BCUT2D eigenvalue weighted by Gasteiger charge is 2.23. The molecular formula is C43H73N2O6P. The molecule has 1 amide bonds. The number of rotatable bonds is 33. The second-order valence-electron chi connectivity index (χ2n) is 13.9. The summed E-state index contributed by atoms with van der Waals surface area (Å²) < 4.78 is 23.0. The van der Waals surface area contributed by atoms with Crippen LogP contribution in [0.25, 0.3) is 0 Å². The van der Waals surface area contributed by atoms with E-state index in [0.29, 0.717) is 17.4 Å². The molecule has 2 N–H and O–H groups in total. The molecule has 0 aromatic carbocycles. The molecule has 8 nitrogen and oxygen atoms in total. The van der Waals surface area contributed by atoms with E-state index in [4.69, 9.17) is 9.05 Å². The molecule has 0 rings (SSSR count). The van der Waals surface area contributed by atoms with E-state index in [1.54, 1.807) is 6.08 Å². The molecule has 0 radical (unpaired) electrons. The first-order valence-electron chi connectivity index (χ1n) is 19.6. The molecule has 0 heterocycles. The van der Waals surface area contributed by atoms with Gasteiger partial charge < -0.3 is 28.8 Å². The number of aliphatic hydroxyl groups is 1. The normalized spacial score (nSPS) is 15.6. The van der Waals surface area contributed by atoms with Crippen molar-refractivity contribution in [3.8, 4) is 0 Å². The Labute approximate surface area is 318 Å². The lowest BCUT2D eigenvalue weighted by Gasteiger charge is -2.29. The van der Waals surface area contributed by atoms with E-state index in [-0.39, 0.29) is 18.9 Å². The maximum atomic E-state index is 12.7. The van der Waals surface area contributed by atoms with Gasteiger partial charge in [0.1, 0.15) is 13.2 Å². The van der Waals surface area contributed by atoms with Crippen LogP contribution in [0.3, 0.4) is 0 Å². The molecule has 0 bridgehead atoms. The minimum absolute atomic E-state index is 0.0258. The lowest BCUT2D eigenvalue weighted by atomic mass is 10.1. The number of hydrogen-bond acceptors (Lipinski definition) is 6. The summed E-state index contributed by atoms with van der Waals surface area (Å²) in [6.07, 6.45) is 47.6. The molecule has 0 aliphatic carbocycles. The largest absolute Gasteiger partial charge is 0.756 e. The monoisotopic (exact) mass is 745 g/mol. The van der Waals surface area contributed by atoms with E-state index < -0.39 is 26.6 Å². The van der Waals surface area contributed by atoms with Crippen molar-refractivity contribution >= 4 is 13.7 Å². The number of likely N-dealkylation sites (N-methyl/N-ethyl adjacent to an activating group) is 1. The van der Waals surface area contributed by atoms with E-state index in [0.717, 1.165) is 57.8 Å². The number of quaternary nitrogens is 1. The molecule has 0 aromatic heterocycles. The van der Waals surface area contributed by atoms with Crippen molar-refractivity contribution in [2.45, 2.75) is 129 Å². The predicted octanol–water partition coefficient (Wildman–Crippen LogP) is 9.77. The van der Waals surface area contributed by atoms with E-state index >= 15 is 0 Å². The molecule has 0 spiro atoms. The first-order chi connectivity index (χ1) is 25.0. The van der Waals surface area contributed by atoms with Crippen LogP contribution < -0.4 is 10.2 Å². The molecule has 296 valence electrons. The number of amides is 1. The highest BCUT2D eigenvalue weighted by molar-refractivity contribution is 7.45. The summed E-state index contributed by atoms with van der Waals surface area (Å²) in [4.78, 5) is 25.1. The average Bonchev–Trinajstić information content (AvgIpc) is 3.09. The summed E-state index contributed by atoms with van der Waals surface area (Å²) in [5, 5.41) is 13.6. The van der Waals surface area contributed by atoms with Crippen LogP contribution in [0, 0.1) is 0 Å². The molecule has 52 heavy (non-hydrogen) atoms. The summed E-state index contributed by atoms with van der Waals surface area (Å²) in [7, 11) is 1.17. The van der Waals surface area contributed by atoms with Crippen LogP contribution in [0.1, 0.15) is 117 Å². The van der Waals surface area contributed by atoms with Gasteiger partial charge in [-0.3, -0.25) is 9.36 Å². The fraction of sp³-hybridized carbons (Fsp3) is 0.605. The van der Waals surface area contributed by atoms with Crippen LogP contribution >= 0.6 is 7.82 Å². The van der Waals surface area contributed by atoms with Gasteiger partial charge in [0.15, 0.2) is 0 Å². The van der Waals surface area contributed by atoms with E-state index in [1.807, 2.05) is 39.4 Å². The van der Waals surface area contributed by atoms with Crippen molar-refractivity contribution in [2.24, 2.45) is 0 Å². The van der Waals surface area contributed by atoms with Gasteiger partial charge in [0.05, 0.1) is 39.9 Å². The topological polar surface area (TPSA) is 108 Å². The Kier molecular flexibility index (Phi) is 32.5. The Morgan fingerprint density at radius 2 is 1.19 bits per heavy atom. The molecule has 0 saturated heterocycles. The number of nitrogens with one attached hydrogen (secondary N) is 1. The van der Waals surface area contributed by atoms with E-state index in [9.17, 15) is 19.4 Å². The maximum Gasteiger partial charge on any atom is 0.268 e. The Balaban J connectivity index is 4.69. The Hall–Kier alpha value is -2.58. The van der Waals surface area contributed by atoms with Crippen molar-refractivity contribution in [2.75, 3.05) is 40.9 Å². The van der Waals surface area contributed by atoms with Crippen molar-refractivity contribution in [1.82, 2.24) is 5.32 Å². The zero-order valence-electron chi connectivity index (χ0n) is 33.2. The van der Waals surface area contributed by atoms with Gasteiger partial charge in [-0.15, -0.1) is 0 Å². The summed E-state index contributed by atoms with van der Waals surface area (Å²) in [6.45, 7) is 4.38. The SMILES string of the molecule is CC/C=C\C/C=C\C/C=C\C/C=C\C/C=C\C/C=C\CCC(=O)NC(COP(=O)([O-])OCC[N+](C)(C)C)C(O)/C=C/CC/C=C/CCCCCCC. The van der Waals surface area contributed by atoms with Gasteiger partial charge in [-0.2, -0.15) is 0 Å². The minimum Gasteiger partial charge on any atom is -0.756 e. The van der Waals surface area contributed by atoms with Crippen LogP contribution in [-0.4, -0.2) is 68.5 Å². The lowest BCUT2D eigenvalue weighted by Crippen LogP contribution is -2.45. The first kappa shape index (κ1) is 49.4. The van der Waals surface area contributed by atoms with Gasteiger partial charge in [0.25, 0.3) is 7.82 Å². The second-order valence-corrected chi connectivity index (χ2v) is 15.3. The molecule has 0 aromatic rings. The fourth-order valence-electron chi connectivity index (χ4n) is 4.66. The van der Waals surface area contributed by atoms with Gasteiger partial charge in [0.2, 0.25) is 5.91 Å². The van der Waals surface area contributed by atoms with E-state index in [1.165, 1.54) is 32.1 Å². The molecule has 0 fully saturated rings.